The minimum absolute atomic E-state index is 0.00975. The minimum atomic E-state index is -0.215. The number of H-pyrrole nitrogens is 1. The normalized spacial score (nSPS) is 15.1. The molecule has 1 aliphatic heterocycles. The predicted octanol–water partition coefficient (Wildman–Crippen LogP) is 2.22. The van der Waals surface area contributed by atoms with Crippen molar-refractivity contribution in [2.45, 2.75) is 13.1 Å². The highest BCUT2D eigenvalue weighted by Gasteiger charge is 2.22. The number of hydrogen-bond acceptors (Lipinski definition) is 4. The fourth-order valence-electron chi connectivity index (χ4n) is 4.09. The summed E-state index contributed by atoms with van der Waals surface area (Å²) in [6.07, 6.45) is 1.48. The number of aromatic nitrogens is 3. The quantitative estimate of drug-likeness (QED) is 0.569. The van der Waals surface area contributed by atoms with Crippen LogP contribution < -0.4 is 5.56 Å². The molecule has 2 aromatic heterocycles. The molecule has 2 aromatic carbocycles. The number of amides is 1. The van der Waals surface area contributed by atoms with Gasteiger partial charge in [0.2, 0.25) is 5.91 Å². The molecular weight excluding hydrogens is 378 g/mol. The second-order valence-corrected chi connectivity index (χ2v) is 7.71. The molecule has 4 aromatic rings. The van der Waals surface area contributed by atoms with Crippen molar-refractivity contribution >= 4 is 27.8 Å². The Balaban J connectivity index is 1.27. The van der Waals surface area contributed by atoms with Gasteiger partial charge in [-0.25, -0.2) is 4.98 Å². The lowest BCUT2D eigenvalue weighted by atomic mass is 10.2. The van der Waals surface area contributed by atoms with Crippen molar-refractivity contribution in [1.29, 1.82) is 0 Å². The average molecular weight is 401 g/mol. The Morgan fingerprint density at radius 3 is 2.50 bits per heavy atom. The molecule has 0 spiro atoms. The number of hydrogen-bond donors (Lipinski definition) is 1. The van der Waals surface area contributed by atoms with Crippen LogP contribution in [-0.4, -0.2) is 56.4 Å². The lowest BCUT2D eigenvalue weighted by Gasteiger charge is -2.34. The van der Waals surface area contributed by atoms with Gasteiger partial charge >= 0.3 is 0 Å². The highest BCUT2D eigenvalue weighted by atomic mass is 16.2. The van der Waals surface area contributed by atoms with Gasteiger partial charge < -0.3 is 9.88 Å². The second kappa shape index (κ2) is 7.76. The Labute approximate surface area is 173 Å². The largest absolute Gasteiger partial charge is 0.349 e. The summed E-state index contributed by atoms with van der Waals surface area (Å²) in [4.78, 5) is 37.5. The van der Waals surface area contributed by atoms with Crippen LogP contribution in [0.1, 0.15) is 5.56 Å². The van der Waals surface area contributed by atoms with E-state index in [4.69, 9.17) is 0 Å². The Hall–Kier alpha value is -3.45. The van der Waals surface area contributed by atoms with E-state index in [1.54, 1.807) is 0 Å². The number of fused-ring (bicyclic) bond motifs is 3. The molecule has 5 rings (SSSR count). The number of rotatable bonds is 4. The van der Waals surface area contributed by atoms with E-state index in [0.29, 0.717) is 24.1 Å². The van der Waals surface area contributed by atoms with Crippen molar-refractivity contribution in [2.24, 2.45) is 0 Å². The lowest BCUT2D eigenvalue weighted by Crippen LogP contribution is -2.49. The van der Waals surface area contributed by atoms with Crippen LogP contribution in [-0.2, 0) is 17.9 Å². The molecule has 1 saturated heterocycles. The number of benzene rings is 2. The summed E-state index contributed by atoms with van der Waals surface area (Å²) in [6.45, 7) is 3.90. The van der Waals surface area contributed by atoms with Crippen molar-refractivity contribution in [3.63, 3.8) is 0 Å². The summed E-state index contributed by atoms with van der Waals surface area (Å²) in [5.41, 5.74) is 3.03. The van der Waals surface area contributed by atoms with Gasteiger partial charge in [-0.3, -0.25) is 19.1 Å². The average Bonchev–Trinajstić information content (AvgIpc) is 3.16. The molecule has 0 unspecified atom stereocenters. The molecule has 0 saturated carbocycles. The number of aromatic amines is 1. The molecule has 7 nitrogen and oxygen atoms in total. The van der Waals surface area contributed by atoms with E-state index in [1.165, 1.54) is 16.5 Å². The third-order valence-electron chi connectivity index (χ3n) is 5.76. The second-order valence-electron chi connectivity index (χ2n) is 7.71. The third-order valence-corrected chi connectivity index (χ3v) is 5.76. The van der Waals surface area contributed by atoms with Gasteiger partial charge in [0.05, 0.1) is 6.33 Å². The Morgan fingerprint density at radius 1 is 0.967 bits per heavy atom. The van der Waals surface area contributed by atoms with Crippen molar-refractivity contribution < 1.29 is 4.79 Å². The van der Waals surface area contributed by atoms with E-state index in [2.05, 4.69) is 27.0 Å². The molecule has 1 fully saturated rings. The summed E-state index contributed by atoms with van der Waals surface area (Å²) < 4.78 is 1.40. The summed E-state index contributed by atoms with van der Waals surface area (Å²) in [7, 11) is 0. The first-order valence-electron chi connectivity index (χ1n) is 10.2. The molecule has 1 amide bonds. The Morgan fingerprint density at radius 2 is 1.70 bits per heavy atom. The zero-order valence-corrected chi connectivity index (χ0v) is 16.6. The number of piperazine rings is 1. The van der Waals surface area contributed by atoms with Crippen molar-refractivity contribution in [3.05, 3.63) is 76.8 Å². The number of carbonyl (C=O) groups excluding carboxylic acids is 1. The first-order valence-corrected chi connectivity index (χ1v) is 10.2. The van der Waals surface area contributed by atoms with Crippen LogP contribution >= 0.6 is 0 Å². The van der Waals surface area contributed by atoms with E-state index >= 15 is 0 Å². The van der Waals surface area contributed by atoms with Crippen LogP contribution in [0.2, 0.25) is 0 Å². The van der Waals surface area contributed by atoms with E-state index in [9.17, 15) is 9.59 Å². The Kier molecular flexibility index (Phi) is 4.80. The van der Waals surface area contributed by atoms with Gasteiger partial charge in [0, 0.05) is 43.6 Å². The van der Waals surface area contributed by atoms with Gasteiger partial charge in [-0.1, -0.05) is 48.5 Å². The number of nitrogens with one attached hydrogen (secondary N) is 1. The molecule has 1 aliphatic rings. The van der Waals surface area contributed by atoms with Crippen LogP contribution in [0, 0.1) is 0 Å². The summed E-state index contributed by atoms with van der Waals surface area (Å²) in [6, 6.07) is 18.0. The van der Waals surface area contributed by atoms with Crippen LogP contribution in [0.5, 0.6) is 0 Å². The van der Waals surface area contributed by atoms with E-state index < -0.39 is 0 Å². The SMILES string of the molecule is O=C(Cn1cnc2c([nH]c3ccccc32)c1=O)N1CCN(Cc2ccccc2)CC1. The van der Waals surface area contributed by atoms with E-state index in [1.807, 2.05) is 47.4 Å². The molecule has 30 heavy (non-hydrogen) atoms. The van der Waals surface area contributed by atoms with Crippen molar-refractivity contribution in [1.82, 2.24) is 24.3 Å². The Bertz CT molecular complexity index is 1250. The highest BCUT2D eigenvalue weighted by Crippen LogP contribution is 2.20. The lowest BCUT2D eigenvalue weighted by molar-refractivity contribution is -0.133. The summed E-state index contributed by atoms with van der Waals surface area (Å²) >= 11 is 0. The van der Waals surface area contributed by atoms with Gasteiger partial charge in [0.15, 0.2) is 0 Å². The number of carbonyl (C=O) groups is 1. The first kappa shape index (κ1) is 18.6. The fraction of sp³-hybridized carbons (Fsp3) is 0.261. The maximum Gasteiger partial charge on any atom is 0.278 e. The molecule has 1 N–H and O–H groups in total. The van der Waals surface area contributed by atoms with Crippen LogP contribution in [0.15, 0.2) is 65.7 Å². The number of nitrogens with zero attached hydrogens (tertiary/aromatic N) is 4. The maximum absolute atomic E-state index is 12.9. The van der Waals surface area contributed by atoms with Gasteiger partial charge in [-0.15, -0.1) is 0 Å². The predicted molar refractivity (Wildman–Crippen MR) is 116 cm³/mol. The van der Waals surface area contributed by atoms with Crippen LogP contribution in [0.25, 0.3) is 21.9 Å². The fourth-order valence-corrected chi connectivity index (χ4v) is 4.09. The molecule has 3 heterocycles. The zero-order chi connectivity index (χ0) is 20.5. The van der Waals surface area contributed by atoms with Crippen LogP contribution in [0.3, 0.4) is 0 Å². The van der Waals surface area contributed by atoms with Gasteiger partial charge in [0.25, 0.3) is 5.56 Å². The smallest absolute Gasteiger partial charge is 0.278 e. The van der Waals surface area contributed by atoms with Crippen LogP contribution in [0.4, 0.5) is 0 Å². The van der Waals surface area contributed by atoms with Crippen molar-refractivity contribution in [2.75, 3.05) is 26.2 Å². The zero-order valence-electron chi connectivity index (χ0n) is 16.6. The van der Waals surface area contributed by atoms with Crippen molar-refractivity contribution in [3.8, 4) is 0 Å². The molecule has 0 aliphatic carbocycles. The molecular formula is C23H23N5O2. The summed E-state index contributed by atoms with van der Waals surface area (Å²) in [5.74, 6) is -0.0475. The van der Waals surface area contributed by atoms with E-state index in [0.717, 1.165) is 30.5 Å². The van der Waals surface area contributed by atoms with Gasteiger partial charge in [-0.05, 0) is 11.6 Å². The molecule has 0 atom stereocenters. The first-order chi connectivity index (χ1) is 14.7. The van der Waals surface area contributed by atoms with Gasteiger partial charge in [0.1, 0.15) is 17.6 Å². The molecule has 152 valence electrons. The standard InChI is InChI=1S/C23H23N5O2/c29-20(27-12-10-26(11-13-27)14-17-6-2-1-3-7-17)15-28-16-24-21-18-8-4-5-9-19(18)25-22(21)23(28)30/h1-9,16,25H,10-15H2. The minimum Gasteiger partial charge on any atom is -0.349 e. The van der Waals surface area contributed by atoms with E-state index in [-0.39, 0.29) is 18.0 Å². The molecule has 0 bridgehead atoms. The summed E-state index contributed by atoms with van der Waals surface area (Å²) in [5, 5.41) is 0.914. The topological polar surface area (TPSA) is 74.2 Å². The highest BCUT2D eigenvalue weighted by molar-refractivity contribution is 6.04. The third kappa shape index (κ3) is 3.48. The van der Waals surface area contributed by atoms with Gasteiger partial charge in [-0.2, -0.15) is 0 Å². The maximum atomic E-state index is 12.9. The molecule has 0 radical (unpaired) electrons. The monoisotopic (exact) mass is 401 g/mol. The number of para-hydroxylation sites is 1. The molecule has 7 heteroatoms.